The molecule has 0 bridgehead atoms. The Labute approximate surface area is 65.7 Å². The van der Waals surface area contributed by atoms with Crippen molar-refractivity contribution in [2.75, 3.05) is 13.2 Å². The van der Waals surface area contributed by atoms with Crippen molar-refractivity contribution >= 4 is 7.60 Å². The van der Waals surface area contributed by atoms with Crippen LogP contribution in [0.1, 0.15) is 13.3 Å². The zero-order valence-electron chi connectivity index (χ0n) is 6.43. The second-order valence-electron chi connectivity index (χ2n) is 2.06. The molecule has 6 heteroatoms. The molecule has 11 heavy (non-hydrogen) atoms. The predicted octanol–water partition coefficient (Wildman–Crippen LogP) is -0.124. The van der Waals surface area contributed by atoms with E-state index in [9.17, 15) is 4.57 Å². The second-order valence-corrected chi connectivity index (χ2v) is 4.11. The molecule has 0 aliphatic carbocycles. The van der Waals surface area contributed by atoms with Gasteiger partial charge in [0, 0.05) is 6.61 Å². The maximum Gasteiger partial charge on any atom is 0.344 e. The van der Waals surface area contributed by atoms with Crippen molar-refractivity contribution in [1.29, 1.82) is 0 Å². The van der Waals surface area contributed by atoms with Gasteiger partial charge in [-0.2, -0.15) is 0 Å². The van der Waals surface area contributed by atoms with Gasteiger partial charge < -0.3 is 20.3 Å². The molecule has 0 fully saturated rings. The molecule has 4 N–H and O–H groups in total. The fraction of sp³-hybridized carbons (Fsp3) is 1.00. The third kappa shape index (κ3) is 3.84. The Bertz CT molecular complexity index is 151. The van der Waals surface area contributed by atoms with Crippen LogP contribution in [-0.2, 0) is 9.09 Å². The van der Waals surface area contributed by atoms with Crippen LogP contribution in [0, 0.1) is 0 Å². The second kappa shape index (κ2) is 4.85. The zero-order valence-corrected chi connectivity index (χ0v) is 7.33. The van der Waals surface area contributed by atoms with Crippen LogP contribution in [0.5, 0.6) is 0 Å². The summed E-state index contributed by atoms with van der Waals surface area (Å²) in [6.45, 7) is 1.54. The summed E-state index contributed by atoms with van der Waals surface area (Å²) in [5.41, 5.74) is 5.25. The van der Waals surface area contributed by atoms with E-state index in [4.69, 9.17) is 15.7 Å². The van der Waals surface area contributed by atoms with E-state index in [0.717, 1.165) is 0 Å². The van der Waals surface area contributed by atoms with E-state index in [0.29, 0.717) is 0 Å². The van der Waals surface area contributed by atoms with Crippen molar-refractivity contribution in [3.63, 3.8) is 0 Å². The number of rotatable bonds is 5. The molecule has 0 spiro atoms. The third-order valence-electron chi connectivity index (χ3n) is 1.16. The third-order valence-corrected chi connectivity index (χ3v) is 2.88. The van der Waals surface area contributed by atoms with Crippen LogP contribution in [0.25, 0.3) is 0 Å². The van der Waals surface area contributed by atoms with Crippen molar-refractivity contribution in [3.05, 3.63) is 0 Å². The van der Waals surface area contributed by atoms with Crippen molar-refractivity contribution < 1.29 is 19.1 Å². The van der Waals surface area contributed by atoms with Gasteiger partial charge in [-0.15, -0.1) is 0 Å². The van der Waals surface area contributed by atoms with Gasteiger partial charge in [0.25, 0.3) is 0 Å². The van der Waals surface area contributed by atoms with Crippen molar-refractivity contribution in [2.45, 2.75) is 19.1 Å². The van der Waals surface area contributed by atoms with E-state index >= 15 is 0 Å². The Morgan fingerprint density at radius 3 is 2.64 bits per heavy atom. The minimum Gasteiger partial charge on any atom is -0.396 e. The van der Waals surface area contributed by atoms with E-state index in [1.54, 1.807) is 6.92 Å². The molecule has 0 radical (unpaired) electrons. The molecular weight excluding hydrogens is 169 g/mol. The Balaban J connectivity index is 3.95. The molecule has 0 aromatic carbocycles. The molecule has 0 aromatic heterocycles. The molecule has 0 saturated heterocycles. The minimum atomic E-state index is -3.68. The molecule has 0 aliphatic heterocycles. The largest absolute Gasteiger partial charge is 0.396 e. The normalized spacial score (nSPS) is 19.3. The van der Waals surface area contributed by atoms with Crippen LogP contribution in [0.15, 0.2) is 0 Å². The standard InChI is InChI=1S/C5H14NO4P/c1-2-10-11(8,9)5(6)3-4-7/h5,7H,2-4,6H2,1H3,(H,8,9). The first kappa shape index (κ1) is 11.1. The molecular formula is C5H14NO4P. The number of aliphatic hydroxyl groups is 1. The monoisotopic (exact) mass is 183 g/mol. The smallest absolute Gasteiger partial charge is 0.344 e. The van der Waals surface area contributed by atoms with Crippen LogP contribution in [0.4, 0.5) is 0 Å². The molecule has 0 saturated carbocycles. The van der Waals surface area contributed by atoms with Crippen LogP contribution < -0.4 is 5.73 Å². The van der Waals surface area contributed by atoms with Crippen LogP contribution >= 0.6 is 7.60 Å². The van der Waals surface area contributed by atoms with E-state index < -0.39 is 13.4 Å². The summed E-state index contributed by atoms with van der Waals surface area (Å²) in [5.74, 6) is -0.979. The first-order valence-corrected chi connectivity index (χ1v) is 5.02. The minimum absolute atomic E-state index is 0.0772. The van der Waals surface area contributed by atoms with Gasteiger partial charge in [0.1, 0.15) is 5.78 Å². The summed E-state index contributed by atoms with van der Waals surface area (Å²) >= 11 is 0. The van der Waals surface area contributed by atoms with Gasteiger partial charge in [0.2, 0.25) is 0 Å². The summed E-state index contributed by atoms with van der Waals surface area (Å²) in [6.07, 6.45) is 0.0772. The highest BCUT2D eigenvalue weighted by Gasteiger charge is 2.27. The summed E-state index contributed by atoms with van der Waals surface area (Å²) < 4.78 is 15.5. The molecule has 0 heterocycles. The molecule has 0 aromatic rings. The summed E-state index contributed by atoms with van der Waals surface area (Å²) in [5, 5.41) is 8.40. The fourth-order valence-corrected chi connectivity index (χ4v) is 1.58. The zero-order chi connectivity index (χ0) is 8.91. The molecule has 2 atom stereocenters. The van der Waals surface area contributed by atoms with Crippen LogP contribution in [0.2, 0.25) is 0 Å². The molecule has 0 aliphatic rings. The number of hydrogen-bond donors (Lipinski definition) is 3. The van der Waals surface area contributed by atoms with Gasteiger partial charge in [-0.3, -0.25) is 4.57 Å². The highest BCUT2D eigenvalue weighted by molar-refractivity contribution is 7.53. The maximum atomic E-state index is 11.0. The summed E-state index contributed by atoms with van der Waals surface area (Å²) in [4.78, 5) is 9.01. The molecule has 68 valence electrons. The van der Waals surface area contributed by atoms with Crippen LogP contribution in [0.3, 0.4) is 0 Å². The Morgan fingerprint density at radius 1 is 1.73 bits per heavy atom. The van der Waals surface area contributed by atoms with Gasteiger partial charge >= 0.3 is 7.60 Å². The highest BCUT2D eigenvalue weighted by atomic mass is 31.2. The summed E-state index contributed by atoms with van der Waals surface area (Å²) in [7, 11) is -3.68. The predicted molar refractivity (Wildman–Crippen MR) is 41.1 cm³/mol. The van der Waals surface area contributed by atoms with E-state index in [1.807, 2.05) is 0 Å². The number of nitrogens with two attached hydrogens (primary N) is 1. The Hall–Kier alpha value is 0.0700. The lowest BCUT2D eigenvalue weighted by molar-refractivity contribution is 0.244. The molecule has 0 amide bonds. The van der Waals surface area contributed by atoms with Gasteiger partial charge in [-0.1, -0.05) is 0 Å². The average molecular weight is 183 g/mol. The van der Waals surface area contributed by atoms with Gasteiger partial charge in [-0.25, -0.2) is 0 Å². The first-order valence-electron chi connectivity index (χ1n) is 3.38. The average Bonchev–Trinajstić information content (AvgIpc) is 1.88. The SMILES string of the molecule is CCOP(=O)(O)C(N)CCO. The van der Waals surface area contributed by atoms with Gasteiger partial charge in [-0.05, 0) is 13.3 Å². The molecule has 5 nitrogen and oxygen atoms in total. The van der Waals surface area contributed by atoms with Crippen molar-refractivity contribution in [1.82, 2.24) is 0 Å². The fourth-order valence-electron chi connectivity index (χ4n) is 0.576. The first-order chi connectivity index (χ1) is 5.04. The molecule has 2 unspecified atom stereocenters. The number of hydrogen-bond acceptors (Lipinski definition) is 4. The Morgan fingerprint density at radius 2 is 2.27 bits per heavy atom. The maximum absolute atomic E-state index is 11.0. The van der Waals surface area contributed by atoms with Gasteiger partial charge in [0.15, 0.2) is 0 Å². The topological polar surface area (TPSA) is 92.8 Å². The molecule has 0 rings (SSSR count). The van der Waals surface area contributed by atoms with Crippen LogP contribution in [-0.4, -0.2) is 29.0 Å². The van der Waals surface area contributed by atoms with E-state index in [2.05, 4.69) is 4.52 Å². The summed E-state index contributed by atoms with van der Waals surface area (Å²) in [6, 6.07) is 0. The quantitative estimate of drug-likeness (QED) is 0.516. The highest BCUT2D eigenvalue weighted by Crippen LogP contribution is 2.45. The van der Waals surface area contributed by atoms with E-state index in [-0.39, 0.29) is 19.6 Å². The van der Waals surface area contributed by atoms with Gasteiger partial charge in [0.05, 0.1) is 6.61 Å². The lowest BCUT2D eigenvalue weighted by atomic mass is 10.5. The lowest BCUT2D eigenvalue weighted by Gasteiger charge is -2.16. The number of aliphatic hydroxyl groups excluding tert-OH is 1. The van der Waals surface area contributed by atoms with Crippen molar-refractivity contribution in [2.24, 2.45) is 5.73 Å². The van der Waals surface area contributed by atoms with Crippen molar-refractivity contribution in [3.8, 4) is 0 Å². The lowest BCUT2D eigenvalue weighted by Crippen LogP contribution is -2.22. The Kier molecular flexibility index (Phi) is 4.88. The van der Waals surface area contributed by atoms with E-state index in [1.165, 1.54) is 0 Å².